The van der Waals surface area contributed by atoms with Crippen molar-refractivity contribution in [2.75, 3.05) is 39.5 Å². The smallest absolute Gasteiger partial charge is 0.161 e. The zero-order chi connectivity index (χ0) is 19.6. The molecule has 1 saturated carbocycles. The predicted octanol–water partition coefficient (Wildman–Crippen LogP) is 4.83. The second-order valence-corrected chi connectivity index (χ2v) is 6.72. The molecule has 0 amide bonds. The van der Waals surface area contributed by atoms with Crippen LogP contribution in [0, 0.1) is 0 Å². The maximum Gasteiger partial charge on any atom is 0.161 e. The van der Waals surface area contributed by atoms with E-state index in [1.54, 1.807) is 0 Å². The van der Waals surface area contributed by atoms with Crippen LogP contribution < -0.4 is 18.9 Å². The number of para-hydroxylation sites is 4. The minimum atomic E-state index is 0. The fraction of sp³-hybridized carbons (Fsp3) is 0.478. The summed E-state index contributed by atoms with van der Waals surface area (Å²) in [6.07, 6.45) is 2.51. The predicted molar refractivity (Wildman–Crippen MR) is 118 cm³/mol. The highest BCUT2D eigenvalue weighted by Gasteiger charge is 2.28. The minimum absolute atomic E-state index is 0. The quantitative estimate of drug-likeness (QED) is 0.463. The Morgan fingerprint density at radius 1 is 0.690 bits per heavy atom. The van der Waals surface area contributed by atoms with E-state index < -0.39 is 0 Å². The largest absolute Gasteiger partial charge is 0.490 e. The van der Waals surface area contributed by atoms with E-state index in [1.807, 2.05) is 62.4 Å². The zero-order valence-electron chi connectivity index (χ0n) is 17.3. The first kappa shape index (κ1) is 23.2. The Balaban J connectivity index is 0.00000300. The summed E-state index contributed by atoms with van der Waals surface area (Å²) >= 11 is 0. The van der Waals surface area contributed by atoms with Crippen molar-refractivity contribution in [1.29, 1.82) is 0 Å². The van der Waals surface area contributed by atoms with Gasteiger partial charge in [0, 0.05) is 19.1 Å². The van der Waals surface area contributed by atoms with Crippen molar-refractivity contribution in [3.05, 3.63) is 48.5 Å². The first-order valence-electron chi connectivity index (χ1n) is 10.2. The molecule has 1 fully saturated rings. The third-order valence-electron chi connectivity index (χ3n) is 4.63. The summed E-state index contributed by atoms with van der Waals surface area (Å²) < 4.78 is 23.2. The second kappa shape index (κ2) is 12.5. The van der Waals surface area contributed by atoms with Gasteiger partial charge in [-0.05, 0) is 51.0 Å². The van der Waals surface area contributed by atoms with E-state index in [4.69, 9.17) is 18.9 Å². The monoisotopic (exact) mass is 421 g/mol. The average Bonchev–Trinajstić information content (AvgIpc) is 3.55. The van der Waals surface area contributed by atoms with Crippen LogP contribution in [0.1, 0.15) is 26.7 Å². The molecule has 0 radical (unpaired) electrons. The van der Waals surface area contributed by atoms with Crippen molar-refractivity contribution in [2.24, 2.45) is 0 Å². The molecular weight excluding hydrogens is 390 g/mol. The van der Waals surface area contributed by atoms with Gasteiger partial charge in [-0.1, -0.05) is 24.3 Å². The molecule has 5 nitrogen and oxygen atoms in total. The Morgan fingerprint density at radius 3 is 1.41 bits per heavy atom. The van der Waals surface area contributed by atoms with Gasteiger partial charge in [0.2, 0.25) is 0 Å². The van der Waals surface area contributed by atoms with E-state index in [2.05, 4.69) is 4.90 Å². The third kappa shape index (κ3) is 7.33. The number of benzene rings is 2. The van der Waals surface area contributed by atoms with Crippen LogP contribution in [0.25, 0.3) is 0 Å². The highest BCUT2D eigenvalue weighted by molar-refractivity contribution is 5.85. The molecule has 0 bridgehead atoms. The number of ether oxygens (including phenoxy) is 4. The highest BCUT2D eigenvalue weighted by Crippen LogP contribution is 2.29. The molecule has 0 atom stereocenters. The van der Waals surface area contributed by atoms with Gasteiger partial charge in [-0.3, -0.25) is 4.90 Å². The molecule has 2 aromatic carbocycles. The van der Waals surface area contributed by atoms with Gasteiger partial charge in [0.15, 0.2) is 23.0 Å². The van der Waals surface area contributed by atoms with Crippen molar-refractivity contribution in [3.63, 3.8) is 0 Å². The van der Waals surface area contributed by atoms with Crippen molar-refractivity contribution in [3.8, 4) is 23.0 Å². The normalized spacial score (nSPS) is 12.9. The zero-order valence-corrected chi connectivity index (χ0v) is 18.2. The topological polar surface area (TPSA) is 40.2 Å². The summed E-state index contributed by atoms with van der Waals surface area (Å²) in [6.45, 7) is 8.25. The number of hydrogen-bond donors (Lipinski definition) is 0. The number of halogens is 1. The SMILES string of the molecule is CCOc1ccccc1OCCN(CCOc1ccccc1OCC)C1CC1.Cl. The van der Waals surface area contributed by atoms with Gasteiger partial charge in [0.25, 0.3) is 0 Å². The van der Waals surface area contributed by atoms with E-state index in [9.17, 15) is 0 Å². The van der Waals surface area contributed by atoms with Gasteiger partial charge in [0.1, 0.15) is 13.2 Å². The van der Waals surface area contributed by atoms with Crippen molar-refractivity contribution in [1.82, 2.24) is 4.90 Å². The van der Waals surface area contributed by atoms with E-state index in [0.29, 0.717) is 32.5 Å². The Bertz CT molecular complexity index is 668. The summed E-state index contributed by atoms with van der Waals surface area (Å²) in [4.78, 5) is 2.45. The summed E-state index contributed by atoms with van der Waals surface area (Å²) in [7, 11) is 0. The number of hydrogen-bond acceptors (Lipinski definition) is 5. The minimum Gasteiger partial charge on any atom is -0.490 e. The van der Waals surface area contributed by atoms with Gasteiger partial charge in [-0.25, -0.2) is 0 Å². The summed E-state index contributed by atoms with van der Waals surface area (Å²) in [5.41, 5.74) is 0. The fourth-order valence-corrected chi connectivity index (χ4v) is 3.15. The molecular formula is C23H32ClNO4. The van der Waals surface area contributed by atoms with Gasteiger partial charge < -0.3 is 18.9 Å². The maximum absolute atomic E-state index is 5.99. The summed E-state index contributed by atoms with van der Waals surface area (Å²) in [5, 5.41) is 0. The lowest BCUT2D eigenvalue weighted by molar-refractivity contribution is 0.165. The van der Waals surface area contributed by atoms with Crippen LogP contribution in [0.2, 0.25) is 0 Å². The lowest BCUT2D eigenvalue weighted by Crippen LogP contribution is -2.34. The van der Waals surface area contributed by atoms with Crippen molar-refractivity contribution < 1.29 is 18.9 Å². The molecule has 160 valence electrons. The summed E-state index contributed by atoms with van der Waals surface area (Å²) in [6, 6.07) is 16.3. The first-order chi connectivity index (χ1) is 13.8. The van der Waals surface area contributed by atoms with Crippen molar-refractivity contribution >= 4 is 12.4 Å². The summed E-state index contributed by atoms with van der Waals surface area (Å²) in [5.74, 6) is 3.22. The molecule has 3 rings (SSSR count). The van der Waals surface area contributed by atoms with Crippen LogP contribution in [0.3, 0.4) is 0 Å². The molecule has 0 N–H and O–H groups in total. The van der Waals surface area contributed by atoms with Gasteiger partial charge in [-0.2, -0.15) is 0 Å². The Kier molecular flexibility index (Phi) is 9.95. The van der Waals surface area contributed by atoms with E-state index >= 15 is 0 Å². The molecule has 0 heterocycles. The molecule has 0 aromatic heterocycles. The van der Waals surface area contributed by atoms with E-state index in [1.165, 1.54) is 12.8 Å². The van der Waals surface area contributed by atoms with E-state index in [-0.39, 0.29) is 12.4 Å². The van der Waals surface area contributed by atoms with Gasteiger partial charge in [0.05, 0.1) is 13.2 Å². The van der Waals surface area contributed by atoms with Crippen LogP contribution in [0.4, 0.5) is 0 Å². The van der Waals surface area contributed by atoms with Crippen LogP contribution in [0.5, 0.6) is 23.0 Å². The Hall–Kier alpha value is -2.11. The molecule has 29 heavy (non-hydrogen) atoms. The van der Waals surface area contributed by atoms with Crippen LogP contribution in [-0.4, -0.2) is 50.5 Å². The first-order valence-corrected chi connectivity index (χ1v) is 10.2. The van der Waals surface area contributed by atoms with Gasteiger partial charge in [-0.15, -0.1) is 12.4 Å². The van der Waals surface area contributed by atoms with E-state index in [0.717, 1.165) is 36.1 Å². The van der Waals surface area contributed by atoms with Crippen LogP contribution >= 0.6 is 12.4 Å². The van der Waals surface area contributed by atoms with Gasteiger partial charge >= 0.3 is 0 Å². The Labute approximate surface area is 180 Å². The van der Waals surface area contributed by atoms with Crippen LogP contribution in [0.15, 0.2) is 48.5 Å². The number of rotatable bonds is 13. The molecule has 0 spiro atoms. The number of nitrogens with zero attached hydrogens (tertiary/aromatic N) is 1. The standard InChI is InChI=1S/C23H31NO4.ClH/c1-3-25-20-9-5-7-11-22(20)27-17-15-24(19-13-14-19)16-18-28-23-12-8-6-10-21(23)26-4-2;/h5-12,19H,3-4,13-18H2,1-2H3;1H. The van der Waals surface area contributed by atoms with Crippen LogP contribution in [-0.2, 0) is 0 Å². The molecule has 0 aliphatic heterocycles. The fourth-order valence-electron chi connectivity index (χ4n) is 3.15. The highest BCUT2D eigenvalue weighted by atomic mass is 35.5. The van der Waals surface area contributed by atoms with Crippen molar-refractivity contribution in [2.45, 2.75) is 32.7 Å². The molecule has 2 aromatic rings. The molecule has 6 heteroatoms. The molecule has 1 aliphatic rings. The lowest BCUT2D eigenvalue weighted by atomic mass is 10.3. The molecule has 1 aliphatic carbocycles. The Morgan fingerprint density at radius 2 is 1.07 bits per heavy atom. The maximum atomic E-state index is 5.99. The third-order valence-corrected chi connectivity index (χ3v) is 4.63. The average molecular weight is 422 g/mol. The second-order valence-electron chi connectivity index (χ2n) is 6.72. The molecule has 0 saturated heterocycles. The lowest BCUT2D eigenvalue weighted by Gasteiger charge is -2.22. The molecule has 0 unspecified atom stereocenters.